The zero-order valence-corrected chi connectivity index (χ0v) is 19.6. The molecule has 1 amide bonds. The normalized spacial score (nSPS) is 17.5. The first-order valence-electron chi connectivity index (χ1n) is 11.1. The number of pyridine rings is 1. The number of halogens is 1. The maximum atomic E-state index is 13.2. The predicted molar refractivity (Wildman–Crippen MR) is 126 cm³/mol. The van der Waals surface area contributed by atoms with Gasteiger partial charge in [-0.2, -0.15) is 10.2 Å². The van der Waals surface area contributed by atoms with Gasteiger partial charge in [0.25, 0.3) is 5.91 Å². The first-order valence-corrected chi connectivity index (χ1v) is 11.9. The highest BCUT2D eigenvalue weighted by Gasteiger charge is 2.32. The number of H-pyrrole nitrogens is 1. The van der Waals surface area contributed by atoms with Gasteiger partial charge in [-0.25, -0.2) is 14.4 Å². The second-order valence-corrected chi connectivity index (χ2v) is 8.98. The average Bonchev–Trinajstić information content (AvgIpc) is 3.55. The molecule has 0 atom stereocenters. The molecule has 34 heavy (non-hydrogen) atoms. The summed E-state index contributed by atoms with van der Waals surface area (Å²) in [6, 6.07) is 5.27. The van der Waals surface area contributed by atoms with Crippen LogP contribution in [-0.4, -0.2) is 48.6 Å². The van der Waals surface area contributed by atoms with E-state index in [1.807, 2.05) is 18.5 Å². The van der Waals surface area contributed by atoms with Gasteiger partial charge in [0, 0.05) is 23.9 Å². The zero-order valence-electron chi connectivity index (χ0n) is 18.8. The van der Waals surface area contributed by atoms with Crippen molar-refractivity contribution in [1.82, 2.24) is 29.9 Å². The van der Waals surface area contributed by atoms with Gasteiger partial charge in [0.15, 0.2) is 0 Å². The van der Waals surface area contributed by atoms with Crippen LogP contribution in [0, 0.1) is 6.92 Å². The Labute approximate surface area is 199 Å². The number of anilines is 1. The van der Waals surface area contributed by atoms with Crippen LogP contribution < -0.4 is 5.32 Å². The number of ether oxygens (including phenoxy) is 1. The first kappa shape index (κ1) is 22.4. The SMILES string of the molecule is CCOC1CC(n2cc(NC(=O)c3csc(-c4cn[nH]c4C)n3)c(-c3cccc(CF)n3)n2)C1. The lowest BCUT2D eigenvalue weighted by atomic mass is 9.89. The lowest BCUT2D eigenvalue weighted by molar-refractivity contribution is -0.0226. The number of rotatable bonds is 8. The fourth-order valence-corrected chi connectivity index (χ4v) is 4.79. The molecule has 2 N–H and O–H groups in total. The summed E-state index contributed by atoms with van der Waals surface area (Å²) in [6.45, 7) is 3.88. The molecule has 4 heterocycles. The van der Waals surface area contributed by atoms with Crippen molar-refractivity contribution in [1.29, 1.82) is 0 Å². The summed E-state index contributed by atoms with van der Waals surface area (Å²) in [5.41, 5.74) is 3.84. The Kier molecular flexibility index (Phi) is 6.20. The summed E-state index contributed by atoms with van der Waals surface area (Å²) >= 11 is 1.37. The third kappa shape index (κ3) is 4.36. The molecule has 0 unspecified atom stereocenters. The molecular weight excluding hydrogens is 457 g/mol. The van der Waals surface area contributed by atoms with Gasteiger partial charge in [-0.15, -0.1) is 11.3 Å². The standard InChI is InChI=1S/C23H24FN7O2S/c1-3-33-16-7-15(8-16)31-11-19(21(30-31)18-6-4-5-14(9-24)26-18)27-22(32)20-12-34-23(28-20)17-10-25-29-13(17)2/h4-6,10-12,15-16H,3,7-9H2,1-2H3,(H,25,29)(H,27,32). The Bertz CT molecular complexity index is 1310. The smallest absolute Gasteiger partial charge is 0.275 e. The van der Waals surface area contributed by atoms with E-state index < -0.39 is 6.67 Å². The Hall–Kier alpha value is -3.44. The molecule has 0 saturated heterocycles. The number of nitrogens with zero attached hydrogens (tertiary/aromatic N) is 5. The maximum Gasteiger partial charge on any atom is 0.275 e. The minimum absolute atomic E-state index is 0.167. The van der Waals surface area contributed by atoms with E-state index in [1.54, 1.807) is 36.0 Å². The van der Waals surface area contributed by atoms with Crippen molar-refractivity contribution < 1.29 is 13.9 Å². The molecule has 1 aliphatic rings. The number of nitrogens with one attached hydrogen (secondary N) is 2. The Morgan fingerprint density at radius 1 is 1.35 bits per heavy atom. The molecule has 1 fully saturated rings. The number of alkyl halides is 1. The van der Waals surface area contributed by atoms with Crippen LogP contribution in [0.4, 0.5) is 10.1 Å². The minimum atomic E-state index is -0.677. The van der Waals surface area contributed by atoms with Crippen LogP contribution in [0.1, 0.15) is 47.7 Å². The minimum Gasteiger partial charge on any atom is -0.378 e. The molecule has 11 heteroatoms. The fourth-order valence-electron chi connectivity index (χ4n) is 3.93. The van der Waals surface area contributed by atoms with Crippen LogP contribution in [-0.2, 0) is 11.4 Å². The molecule has 0 bridgehead atoms. The molecule has 5 rings (SSSR count). The van der Waals surface area contributed by atoms with E-state index in [2.05, 4.69) is 25.5 Å². The van der Waals surface area contributed by atoms with E-state index in [0.29, 0.717) is 40.1 Å². The number of amides is 1. The Morgan fingerprint density at radius 3 is 2.94 bits per heavy atom. The van der Waals surface area contributed by atoms with Crippen LogP contribution in [0.5, 0.6) is 0 Å². The highest BCUT2D eigenvalue weighted by atomic mass is 32.1. The van der Waals surface area contributed by atoms with Crippen molar-refractivity contribution in [2.75, 3.05) is 11.9 Å². The fraction of sp³-hybridized carbons (Fsp3) is 0.348. The van der Waals surface area contributed by atoms with Gasteiger partial charge in [-0.05, 0) is 38.8 Å². The summed E-state index contributed by atoms with van der Waals surface area (Å²) in [5, 5.41) is 17.0. The number of hydrogen-bond donors (Lipinski definition) is 2. The quantitative estimate of drug-likeness (QED) is 0.382. The number of aromatic nitrogens is 6. The predicted octanol–water partition coefficient (Wildman–Crippen LogP) is 4.56. The monoisotopic (exact) mass is 481 g/mol. The number of hydrogen-bond acceptors (Lipinski definition) is 7. The van der Waals surface area contributed by atoms with Crippen LogP contribution in [0.2, 0.25) is 0 Å². The van der Waals surface area contributed by atoms with Crippen molar-refractivity contribution in [2.24, 2.45) is 0 Å². The molecule has 9 nitrogen and oxygen atoms in total. The Balaban J connectivity index is 1.42. The van der Waals surface area contributed by atoms with Crippen LogP contribution in [0.15, 0.2) is 36.0 Å². The molecule has 0 radical (unpaired) electrons. The third-order valence-corrected chi connectivity index (χ3v) is 6.69. The highest BCUT2D eigenvalue weighted by molar-refractivity contribution is 7.13. The molecule has 4 aromatic rings. The van der Waals surface area contributed by atoms with E-state index in [1.165, 1.54) is 11.3 Å². The van der Waals surface area contributed by atoms with Crippen molar-refractivity contribution in [2.45, 2.75) is 45.5 Å². The topological polar surface area (TPSA) is 111 Å². The number of aryl methyl sites for hydroxylation is 1. The third-order valence-electron chi connectivity index (χ3n) is 5.81. The van der Waals surface area contributed by atoms with E-state index in [9.17, 15) is 9.18 Å². The largest absolute Gasteiger partial charge is 0.378 e. The maximum absolute atomic E-state index is 13.2. The summed E-state index contributed by atoms with van der Waals surface area (Å²) in [6.07, 6.45) is 5.40. The molecule has 176 valence electrons. The van der Waals surface area contributed by atoms with E-state index in [0.717, 1.165) is 24.1 Å². The van der Waals surface area contributed by atoms with Crippen LogP contribution in [0.25, 0.3) is 22.0 Å². The van der Waals surface area contributed by atoms with Gasteiger partial charge < -0.3 is 10.1 Å². The van der Waals surface area contributed by atoms with Gasteiger partial charge >= 0.3 is 0 Å². The second-order valence-electron chi connectivity index (χ2n) is 8.12. The van der Waals surface area contributed by atoms with Gasteiger partial charge in [-0.1, -0.05) is 6.07 Å². The second kappa shape index (κ2) is 9.43. The molecule has 1 saturated carbocycles. The molecule has 0 spiro atoms. The van der Waals surface area contributed by atoms with Gasteiger partial charge in [-0.3, -0.25) is 14.6 Å². The average molecular weight is 482 g/mol. The molecular formula is C23H24FN7O2S. The van der Waals surface area contributed by atoms with Crippen molar-refractivity contribution in [3.63, 3.8) is 0 Å². The molecule has 1 aliphatic carbocycles. The molecule has 0 aliphatic heterocycles. The summed E-state index contributed by atoms with van der Waals surface area (Å²) < 4.78 is 20.7. The number of carbonyl (C=O) groups is 1. The van der Waals surface area contributed by atoms with Gasteiger partial charge in [0.2, 0.25) is 0 Å². The lowest BCUT2D eigenvalue weighted by Crippen LogP contribution is -2.33. The van der Waals surface area contributed by atoms with Crippen molar-refractivity contribution >= 4 is 22.9 Å². The summed E-state index contributed by atoms with van der Waals surface area (Å²) in [7, 11) is 0. The highest BCUT2D eigenvalue weighted by Crippen LogP contribution is 2.37. The van der Waals surface area contributed by atoms with E-state index >= 15 is 0 Å². The molecule has 0 aromatic carbocycles. The van der Waals surface area contributed by atoms with Crippen LogP contribution >= 0.6 is 11.3 Å². The number of thiazole rings is 1. The van der Waals surface area contributed by atoms with Crippen molar-refractivity contribution in [3.8, 4) is 22.0 Å². The number of aromatic amines is 1. The van der Waals surface area contributed by atoms with Crippen molar-refractivity contribution in [3.05, 3.63) is 53.1 Å². The molecule has 4 aromatic heterocycles. The zero-order chi connectivity index (χ0) is 23.7. The van der Waals surface area contributed by atoms with Gasteiger partial charge in [0.1, 0.15) is 23.1 Å². The van der Waals surface area contributed by atoms with Crippen LogP contribution in [0.3, 0.4) is 0 Å². The number of carbonyl (C=O) groups excluding carboxylic acids is 1. The lowest BCUT2D eigenvalue weighted by Gasteiger charge is -2.34. The summed E-state index contributed by atoms with van der Waals surface area (Å²) in [4.78, 5) is 21.9. The van der Waals surface area contributed by atoms with E-state index in [4.69, 9.17) is 9.84 Å². The Morgan fingerprint density at radius 2 is 2.21 bits per heavy atom. The van der Waals surface area contributed by atoms with Gasteiger partial charge in [0.05, 0.1) is 41.0 Å². The van der Waals surface area contributed by atoms with E-state index in [-0.39, 0.29) is 18.1 Å². The summed E-state index contributed by atoms with van der Waals surface area (Å²) in [5.74, 6) is -0.355. The first-order chi connectivity index (χ1) is 16.6.